The summed E-state index contributed by atoms with van der Waals surface area (Å²) in [4.78, 5) is 0. The maximum absolute atomic E-state index is 13.2. The van der Waals surface area contributed by atoms with Crippen LogP contribution in [-0.4, -0.2) is 5.54 Å². The predicted molar refractivity (Wildman–Crippen MR) is 58.1 cm³/mol. The van der Waals surface area contributed by atoms with E-state index >= 15 is 0 Å². The van der Waals surface area contributed by atoms with Gasteiger partial charge in [-0.05, 0) is 50.5 Å². The molecule has 0 saturated carbocycles. The summed E-state index contributed by atoms with van der Waals surface area (Å²) >= 11 is 5.99. The second kappa shape index (κ2) is 3.87. The molecule has 0 spiro atoms. The fraction of sp³-hybridized carbons (Fsp3) is 0.455. The first kappa shape index (κ1) is 11.5. The molecule has 2 N–H and O–H groups in total. The summed E-state index contributed by atoms with van der Waals surface area (Å²) in [7, 11) is 0. The van der Waals surface area contributed by atoms with Crippen molar-refractivity contribution in [2.75, 3.05) is 0 Å². The molecular weight excluding hydrogens is 201 g/mol. The van der Waals surface area contributed by atoms with Gasteiger partial charge in [-0.2, -0.15) is 0 Å². The first-order valence-electron chi connectivity index (χ1n) is 4.53. The van der Waals surface area contributed by atoms with E-state index in [1.165, 1.54) is 6.07 Å². The van der Waals surface area contributed by atoms with E-state index < -0.39 is 0 Å². The minimum Gasteiger partial charge on any atom is -0.325 e. The van der Waals surface area contributed by atoms with Crippen molar-refractivity contribution in [2.24, 2.45) is 5.73 Å². The van der Waals surface area contributed by atoms with Crippen molar-refractivity contribution in [1.29, 1.82) is 0 Å². The highest BCUT2D eigenvalue weighted by Gasteiger charge is 2.15. The van der Waals surface area contributed by atoms with Crippen LogP contribution in [0.1, 0.15) is 25.0 Å². The quantitative estimate of drug-likeness (QED) is 0.806. The third-order valence-electron chi connectivity index (χ3n) is 1.97. The summed E-state index contributed by atoms with van der Waals surface area (Å²) in [6.45, 7) is 5.47. The normalized spacial score (nSPS) is 11.9. The third-order valence-corrected chi connectivity index (χ3v) is 2.33. The van der Waals surface area contributed by atoms with Crippen LogP contribution in [0.25, 0.3) is 0 Å². The molecule has 1 nitrogen and oxygen atoms in total. The summed E-state index contributed by atoms with van der Waals surface area (Å²) in [5.41, 5.74) is 6.80. The Morgan fingerprint density at radius 2 is 2.00 bits per heavy atom. The molecule has 0 aromatic heterocycles. The van der Waals surface area contributed by atoms with Gasteiger partial charge in [0.1, 0.15) is 5.82 Å². The van der Waals surface area contributed by atoms with Gasteiger partial charge in [0.25, 0.3) is 0 Å². The van der Waals surface area contributed by atoms with E-state index in [0.717, 1.165) is 5.56 Å². The Labute approximate surface area is 89.1 Å². The minimum absolute atomic E-state index is 0.228. The molecule has 0 aliphatic rings. The van der Waals surface area contributed by atoms with Crippen molar-refractivity contribution in [1.82, 2.24) is 0 Å². The van der Waals surface area contributed by atoms with E-state index in [4.69, 9.17) is 17.3 Å². The van der Waals surface area contributed by atoms with Gasteiger partial charge in [-0.25, -0.2) is 4.39 Å². The van der Waals surface area contributed by atoms with Crippen molar-refractivity contribution in [3.63, 3.8) is 0 Å². The lowest BCUT2D eigenvalue weighted by Gasteiger charge is -2.19. The largest absolute Gasteiger partial charge is 0.325 e. The Bertz CT molecular complexity index is 342. The molecule has 0 atom stereocenters. The molecule has 1 rings (SSSR count). The Hall–Kier alpha value is -0.600. The molecule has 0 heterocycles. The van der Waals surface area contributed by atoms with Gasteiger partial charge in [0, 0.05) is 10.6 Å². The van der Waals surface area contributed by atoms with E-state index in [2.05, 4.69) is 0 Å². The zero-order chi connectivity index (χ0) is 10.9. The van der Waals surface area contributed by atoms with Crippen LogP contribution in [0.3, 0.4) is 0 Å². The molecular formula is C11H15ClFN. The van der Waals surface area contributed by atoms with Crippen LogP contribution in [0, 0.1) is 12.7 Å². The molecule has 1 aromatic rings. The van der Waals surface area contributed by atoms with E-state index in [-0.39, 0.29) is 11.4 Å². The van der Waals surface area contributed by atoms with Crippen molar-refractivity contribution in [3.05, 3.63) is 34.1 Å². The Balaban J connectivity index is 3.04. The topological polar surface area (TPSA) is 26.0 Å². The molecule has 14 heavy (non-hydrogen) atoms. The van der Waals surface area contributed by atoms with Crippen LogP contribution < -0.4 is 5.73 Å². The number of nitrogens with two attached hydrogens (primary N) is 1. The highest BCUT2D eigenvalue weighted by Crippen LogP contribution is 2.23. The van der Waals surface area contributed by atoms with Crippen LogP contribution in [0.15, 0.2) is 12.1 Å². The SMILES string of the molecule is Cc1cc(Cl)c(CC(C)(C)N)cc1F. The van der Waals surface area contributed by atoms with Gasteiger partial charge < -0.3 is 5.73 Å². The molecule has 3 heteroatoms. The van der Waals surface area contributed by atoms with Crippen molar-refractivity contribution in [2.45, 2.75) is 32.7 Å². The lowest BCUT2D eigenvalue weighted by Crippen LogP contribution is -2.34. The Morgan fingerprint density at radius 1 is 1.43 bits per heavy atom. The molecule has 78 valence electrons. The number of aryl methyl sites for hydroxylation is 1. The first-order chi connectivity index (χ1) is 6.29. The van der Waals surface area contributed by atoms with E-state index in [0.29, 0.717) is 17.0 Å². The lowest BCUT2D eigenvalue weighted by molar-refractivity contribution is 0.514. The summed E-state index contributed by atoms with van der Waals surface area (Å²) < 4.78 is 13.2. The molecule has 0 amide bonds. The van der Waals surface area contributed by atoms with Gasteiger partial charge in [-0.3, -0.25) is 0 Å². The summed E-state index contributed by atoms with van der Waals surface area (Å²) in [6.07, 6.45) is 0.572. The molecule has 0 aliphatic carbocycles. The predicted octanol–water partition coefficient (Wildman–Crippen LogP) is 3.07. The fourth-order valence-electron chi connectivity index (χ4n) is 1.31. The van der Waals surface area contributed by atoms with Crippen LogP contribution in [-0.2, 0) is 6.42 Å². The number of benzene rings is 1. The first-order valence-corrected chi connectivity index (χ1v) is 4.91. The maximum Gasteiger partial charge on any atom is 0.126 e. The Kier molecular flexibility index (Phi) is 3.17. The highest BCUT2D eigenvalue weighted by molar-refractivity contribution is 6.31. The molecule has 0 radical (unpaired) electrons. The standard InChI is InChI=1S/C11H15ClFN/c1-7-4-9(12)8(5-10(7)13)6-11(2,3)14/h4-5H,6,14H2,1-3H3. The van der Waals surface area contributed by atoms with Gasteiger partial charge in [0.05, 0.1) is 0 Å². The average molecular weight is 216 g/mol. The van der Waals surface area contributed by atoms with Gasteiger partial charge in [-0.15, -0.1) is 0 Å². The van der Waals surface area contributed by atoms with Crippen molar-refractivity contribution in [3.8, 4) is 0 Å². The van der Waals surface area contributed by atoms with E-state index in [1.54, 1.807) is 13.0 Å². The smallest absolute Gasteiger partial charge is 0.126 e. The second-order valence-corrected chi connectivity index (χ2v) is 4.77. The van der Waals surface area contributed by atoms with Crippen molar-refractivity contribution < 1.29 is 4.39 Å². The van der Waals surface area contributed by atoms with E-state index in [9.17, 15) is 4.39 Å². The van der Waals surface area contributed by atoms with Gasteiger partial charge in [-0.1, -0.05) is 11.6 Å². The lowest BCUT2D eigenvalue weighted by atomic mass is 9.95. The number of halogens is 2. The summed E-state index contributed by atoms with van der Waals surface area (Å²) in [5, 5.41) is 0.586. The van der Waals surface area contributed by atoms with Gasteiger partial charge >= 0.3 is 0 Å². The maximum atomic E-state index is 13.2. The highest BCUT2D eigenvalue weighted by atomic mass is 35.5. The fourth-order valence-corrected chi connectivity index (χ4v) is 1.60. The monoisotopic (exact) mass is 215 g/mol. The second-order valence-electron chi connectivity index (χ2n) is 4.36. The number of rotatable bonds is 2. The van der Waals surface area contributed by atoms with Crippen LogP contribution >= 0.6 is 11.6 Å². The minimum atomic E-state index is -0.370. The molecule has 0 unspecified atom stereocenters. The number of hydrogen-bond donors (Lipinski definition) is 1. The van der Waals surface area contributed by atoms with E-state index in [1.807, 2.05) is 13.8 Å². The zero-order valence-electron chi connectivity index (χ0n) is 8.70. The molecule has 0 bridgehead atoms. The molecule has 0 saturated heterocycles. The van der Waals surface area contributed by atoms with Crippen LogP contribution in [0.2, 0.25) is 5.02 Å². The molecule has 0 aliphatic heterocycles. The zero-order valence-corrected chi connectivity index (χ0v) is 9.45. The molecule has 1 aromatic carbocycles. The van der Waals surface area contributed by atoms with Crippen LogP contribution in [0.4, 0.5) is 4.39 Å². The van der Waals surface area contributed by atoms with Gasteiger partial charge in [0.15, 0.2) is 0 Å². The Morgan fingerprint density at radius 3 is 2.50 bits per heavy atom. The summed E-state index contributed by atoms with van der Waals surface area (Å²) in [6, 6.07) is 3.10. The van der Waals surface area contributed by atoms with Gasteiger partial charge in [0.2, 0.25) is 0 Å². The molecule has 0 fully saturated rings. The van der Waals surface area contributed by atoms with Crippen molar-refractivity contribution >= 4 is 11.6 Å². The van der Waals surface area contributed by atoms with Crippen LogP contribution in [0.5, 0.6) is 0 Å². The average Bonchev–Trinajstić information content (AvgIpc) is 1.97. The third kappa shape index (κ3) is 2.96. The summed E-state index contributed by atoms with van der Waals surface area (Å²) in [5.74, 6) is -0.228. The number of hydrogen-bond acceptors (Lipinski definition) is 1.